The molecule has 5 nitrogen and oxygen atoms in total. The first-order valence-corrected chi connectivity index (χ1v) is 5.70. The van der Waals surface area contributed by atoms with E-state index < -0.39 is 11.0 Å². The van der Waals surface area contributed by atoms with Crippen LogP contribution in [0, 0.1) is 5.41 Å². The molecule has 1 aromatic rings. The topological polar surface area (TPSA) is 72.9 Å². The van der Waals surface area contributed by atoms with Crippen molar-refractivity contribution in [1.29, 1.82) is 0 Å². The number of carbonyl (C=O) groups is 1. The van der Waals surface area contributed by atoms with Gasteiger partial charge in [0.1, 0.15) is 0 Å². The maximum absolute atomic E-state index is 12.1. The third kappa shape index (κ3) is 2.85. The average Bonchev–Trinajstić information content (AvgIpc) is 2.58. The van der Waals surface area contributed by atoms with Crippen molar-refractivity contribution in [1.82, 2.24) is 15.1 Å². The Morgan fingerprint density at radius 2 is 2.06 bits per heavy atom. The Balaban J connectivity index is 2.65. The number of nitrogens with zero attached hydrogens (tertiary/aromatic N) is 2. The highest BCUT2D eigenvalue weighted by atomic mass is 16.2. The van der Waals surface area contributed by atoms with Gasteiger partial charge in [0.25, 0.3) is 0 Å². The maximum Gasteiger partial charge on any atom is 0.227 e. The summed E-state index contributed by atoms with van der Waals surface area (Å²) in [6.07, 6.45) is 1.71. The Kier molecular flexibility index (Phi) is 3.62. The summed E-state index contributed by atoms with van der Waals surface area (Å²) in [5, 5.41) is 6.94. The largest absolute Gasteiger partial charge is 0.350 e. The van der Waals surface area contributed by atoms with Crippen molar-refractivity contribution in [3.8, 4) is 0 Å². The van der Waals surface area contributed by atoms with Gasteiger partial charge < -0.3 is 11.1 Å². The highest BCUT2D eigenvalue weighted by Crippen LogP contribution is 2.28. The highest BCUT2D eigenvalue weighted by Gasteiger charge is 2.40. The van der Waals surface area contributed by atoms with Crippen LogP contribution in [0.4, 0.5) is 0 Å². The number of hydrogen-bond acceptors (Lipinski definition) is 3. The van der Waals surface area contributed by atoms with E-state index in [4.69, 9.17) is 5.73 Å². The number of carbonyl (C=O) groups excluding carboxylic acids is 1. The first-order chi connectivity index (χ1) is 7.66. The van der Waals surface area contributed by atoms with Crippen LogP contribution >= 0.6 is 0 Å². The molecule has 0 radical (unpaired) electrons. The van der Waals surface area contributed by atoms with Crippen LogP contribution in [0.15, 0.2) is 12.3 Å². The molecule has 0 atom stereocenters. The van der Waals surface area contributed by atoms with Crippen LogP contribution in [0.2, 0.25) is 0 Å². The quantitative estimate of drug-likeness (QED) is 0.815. The van der Waals surface area contributed by atoms with E-state index >= 15 is 0 Å². The monoisotopic (exact) mass is 238 g/mol. The highest BCUT2D eigenvalue weighted by molar-refractivity contribution is 5.83. The molecule has 0 spiro atoms. The molecular formula is C12H22N4O. The molecular weight excluding hydrogens is 216 g/mol. The lowest BCUT2D eigenvalue weighted by Crippen LogP contribution is -2.55. The number of nitrogens with two attached hydrogens (primary N) is 1. The van der Waals surface area contributed by atoms with Crippen LogP contribution in [0.1, 0.15) is 33.4 Å². The van der Waals surface area contributed by atoms with Gasteiger partial charge in [0.15, 0.2) is 0 Å². The van der Waals surface area contributed by atoms with Gasteiger partial charge >= 0.3 is 0 Å². The number of aromatic nitrogens is 2. The average molecular weight is 238 g/mol. The number of amides is 1. The summed E-state index contributed by atoms with van der Waals surface area (Å²) >= 11 is 0. The molecule has 0 fully saturated rings. The Morgan fingerprint density at radius 3 is 2.47 bits per heavy atom. The molecule has 5 heteroatoms. The van der Waals surface area contributed by atoms with Crippen molar-refractivity contribution >= 4 is 5.91 Å². The van der Waals surface area contributed by atoms with E-state index in [2.05, 4.69) is 10.4 Å². The molecule has 0 aliphatic rings. The molecule has 0 aromatic carbocycles. The van der Waals surface area contributed by atoms with E-state index in [1.807, 2.05) is 40.8 Å². The lowest BCUT2D eigenvalue weighted by Gasteiger charge is -2.36. The fourth-order valence-corrected chi connectivity index (χ4v) is 1.26. The zero-order valence-electron chi connectivity index (χ0n) is 11.2. The van der Waals surface area contributed by atoms with Gasteiger partial charge in [-0.05, 0) is 33.8 Å². The Labute approximate surface area is 102 Å². The normalized spacial score (nSPS) is 12.6. The molecule has 0 aliphatic heterocycles. The van der Waals surface area contributed by atoms with Gasteiger partial charge in [0, 0.05) is 18.8 Å². The molecule has 1 rings (SSSR count). The minimum absolute atomic E-state index is 0.0498. The van der Waals surface area contributed by atoms with Crippen molar-refractivity contribution in [2.24, 2.45) is 18.2 Å². The molecule has 17 heavy (non-hydrogen) atoms. The van der Waals surface area contributed by atoms with Crippen LogP contribution in [-0.4, -0.2) is 21.2 Å². The molecule has 1 heterocycles. The summed E-state index contributed by atoms with van der Waals surface area (Å²) in [7, 11) is 1.85. The predicted octanol–water partition coefficient (Wildman–Crippen LogP) is 0.800. The van der Waals surface area contributed by atoms with Crippen molar-refractivity contribution in [3.63, 3.8) is 0 Å². The number of aryl methyl sites for hydroxylation is 1. The Bertz CT molecular complexity index is 401. The Morgan fingerprint density at radius 1 is 1.47 bits per heavy atom. The minimum atomic E-state index is -0.619. The van der Waals surface area contributed by atoms with E-state index in [1.165, 1.54) is 0 Å². The van der Waals surface area contributed by atoms with Gasteiger partial charge in [0.2, 0.25) is 5.91 Å². The maximum atomic E-state index is 12.1. The number of hydrogen-bond donors (Lipinski definition) is 2. The molecule has 0 bridgehead atoms. The molecule has 1 aromatic heterocycles. The summed E-state index contributed by atoms with van der Waals surface area (Å²) in [6.45, 7) is 7.89. The zero-order valence-corrected chi connectivity index (χ0v) is 11.2. The van der Waals surface area contributed by atoms with Crippen molar-refractivity contribution in [2.45, 2.75) is 39.8 Å². The van der Waals surface area contributed by atoms with Crippen molar-refractivity contribution in [3.05, 3.63) is 18.0 Å². The van der Waals surface area contributed by atoms with Gasteiger partial charge in [-0.15, -0.1) is 0 Å². The predicted molar refractivity (Wildman–Crippen MR) is 67.1 cm³/mol. The van der Waals surface area contributed by atoms with Crippen LogP contribution in [0.25, 0.3) is 0 Å². The number of nitrogens with one attached hydrogen (secondary N) is 1. The molecule has 1 amide bonds. The zero-order chi connectivity index (χ0) is 13.3. The summed E-state index contributed by atoms with van der Waals surface area (Å²) in [6, 6.07) is 1.88. The van der Waals surface area contributed by atoms with Crippen molar-refractivity contribution in [2.75, 3.05) is 0 Å². The van der Waals surface area contributed by atoms with Crippen LogP contribution in [0.5, 0.6) is 0 Å². The fraction of sp³-hybridized carbons (Fsp3) is 0.667. The van der Waals surface area contributed by atoms with Gasteiger partial charge in [-0.2, -0.15) is 5.10 Å². The standard InChI is InChI=1S/C12H22N4O/c1-11(2,12(3,4)13)10(17)14-8-9-6-7-15-16(9)5/h6-7H,8,13H2,1-5H3,(H,14,17). The van der Waals surface area contributed by atoms with E-state index in [1.54, 1.807) is 10.9 Å². The molecule has 0 saturated heterocycles. The molecule has 0 aliphatic carbocycles. The lowest BCUT2D eigenvalue weighted by molar-refractivity contribution is -0.132. The molecule has 3 N–H and O–H groups in total. The van der Waals surface area contributed by atoms with Gasteiger partial charge in [0.05, 0.1) is 17.7 Å². The smallest absolute Gasteiger partial charge is 0.227 e. The molecule has 96 valence electrons. The van der Waals surface area contributed by atoms with E-state index in [0.29, 0.717) is 6.54 Å². The Hall–Kier alpha value is -1.36. The molecule has 0 saturated carbocycles. The first-order valence-electron chi connectivity index (χ1n) is 5.70. The van der Waals surface area contributed by atoms with Crippen LogP contribution in [-0.2, 0) is 18.4 Å². The van der Waals surface area contributed by atoms with Crippen molar-refractivity contribution < 1.29 is 4.79 Å². The number of rotatable bonds is 4. The summed E-state index contributed by atoms with van der Waals surface area (Å²) in [5.41, 5.74) is 5.79. The lowest BCUT2D eigenvalue weighted by atomic mass is 9.74. The SMILES string of the molecule is Cn1nccc1CNC(=O)C(C)(C)C(C)(C)N. The summed E-state index contributed by atoms with van der Waals surface area (Å²) in [4.78, 5) is 12.1. The fourth-order valence-electron chi connectivity index (χ4n) is 1.26. The van der Waals surface area contributed by atoms with Gasteiger partial charge in [-0.1, -0.05) is 0 Å². The second kappa shape index (κ2) is 4.49. The minimum Gasteiger partial charge on any atom is -0.350 e. The van der Waals surface area contributed by atoms with Crippen LogP contribution < -0.4 is 11.1 Å². The van der Waals surface area contributed by atoms with Gasteiger partial charge in [-0.25, -0.2) is 0 Å². The summed E-state index contributed by atoms with van der Waals surface area (Å²) in [5.74, 6) is -0.0498. The molecule has 0 unspecified atom stereocenters. The summed E-state index contributed by atoms with van der Waals surface area (Å²) < 4.78 is 1.74. The second-order valence-electron chi connectivity index (χ2n) is 5.48. The second-order valence-corrected chi connectivity index (χ2v) is 5.48. The third-order valence-corrected chi connectivity index (χ3v) is 3.53. The third-order valence-electron chi connectivity index (χ3n) is 3.53. The van der Waals surface area contributed by atoms with E-state index in [9.17, 15) is 4.79 Å². The first kappa shape index (κ1) is 13.7. The van der Waals surface area contributed by atoms with E-state index in [0.717, 1.165) is 5.69 Å². The van der Waals surface area contributed by atoms with Gasteiger partial charge in [-0.3, -0.25) is 9.48 Å². The van der Waals surface area contributed by atoms with Crippen LogP contribution in [0.3, 0.4) is 0 Å². The van der Waals surface area contributed by atoms with E-state index in [-0.39, 0.29) is 5.91 Å².